The zero-order valence-electron chi connectivity index (χ0n) is 8.14. The number of unbranched alkanes of at least 4 members (excludes halogenated alkanes) is 2. The predicted molar refractivity (Wildman–Crippen MR) is 51.5 cm³/mol. The molecular weight excluding hydrogens is 164 g/mol. The molecule has 0 aliphatic heterocycles. The Labute approximate surface area is 79.0 Å². The second-order valence-corrected chi connectivity index (χ2v) is 3.46. The summed E-state index contributed by atoms with van der Waals surface area (Å²) >= 11 is 0. The van der Waals surface area contributed by atoms with Crippen LogP contribution in [-0.4, -0.2) is 11.6 Å². The summed E-state index contributed by atoms with van der Waals surface area (Å²) < 4.78 is 0. The molecule has 0 bridgehead atoms. The summed E-state index contributed by atoms with van der Waals surface area (Å²) in [4.78, 5) is 22.6. The first kappa shape index (κ1) is 10.2. The van der Waals surface area contributed by atoms with Crippen molar-refractivity contribution < 1.29 is 9.59 Å². The van der Waals surface area contributed by atoms with Crippen LogP contribution < -0.4 is 0 Å². The van der Waals surface area contributed by atoms with Crippen LogP contribution in [0.25, 0.3) is 0 Å². The van der Waals surface area contributed by atoms with Gasteiger partial charge in [0.1, 0.15) is 0 Å². The molecule has 1 aliphatic rings. The first-order chi connectivity index (χ1) is 6.25. The van der Waals surface area contributed by atoms with E-state index < -0.39 is 0 Å². The maximum absolute atomic E-state index is 11.4. The Hall–Kier alpha value is -0.920. The third-order valence-corrected chi connectivity index (χ3v) is 2.33. The molecule has 0 aromatic rings. The van der Waals surface area contributed by atoms with Gasteiger partial charge in [0.15, 0.2) is 11.6 Å². The quantitative estimate of drug-likeness (QED) is 0.481. The Morgan fingerprint density at radius 3 is 2.77 bits per heavy atom. The van der Waals surface area contributed by atoms with Crippen molar-refractivity contribution in [2.24, 2.45) is 0 Å². The van der Waals surface area contributed by atoms with E-state index in [2.05, 4.69) is 6.92 Å². The van der Waals surface area contributed by atoms with E-state index >= 15 is 0 Å². The Morgan fingerprint density at radius 1 is 1.46 bits per heavy atom. The van der Waals surface area contributed by atoms with Gasteiger partial charge in [-0.05, 0) is 12.8 Å². The predicted octanol–water partition coefficient (Wildman–Crippen LogP) is 2.43. The lowest BCUT2D eigenvalue weighted by Crippen LogP contribution is -2.08. The van der Waals surface area contributed by atoms with E-state index in [9.17, 15) is 9.59 Å². The fourth-order valence-corrected chi connectivity index (χ4v) is 1.54. The molecule has 2 nitrogen and oxygen atoms in total. The molecule has 0 unspecified atom stereocenters. The van der Waals surface area contributed by atoms with Crippen LogP contribution in [0.2, 0.25) is 0 Å². The average molecular weight is 180 g/mol. The standard InChI is InChI=1S/C11H16O2/c1-2-3-4-7-10(12)9-6-5-8-11(9)13/h6H,2-5,7-8H2,1H3. The van der Waals surface area contributed by atoms with E-state index in [-0.39, 0.29) is 11.6 Å². The molecule has 0 aromatic carbocycles. The van der Waals surface area contributed by atoms with Crippen LogP contribution in [-0.2, 0) is 9.59 Å². The van der Waals surface area contributed by atoms with E-state index in [1.165, 1.54) is 0 Å². The molecule has 0 atom stereocenters. The fraction of sp³-hybridized carbons (Fsp3) is 0.636. The second-order valence-electron chi connectivity index (χ2n) is 3.46. The number of Topliss-reactive ketones (excluding diaryl/α,β-unsaturated/α-hetero) is 2. The Balaban J connectivity index is 2.35. The van der Waals surface area contributed by atoms with Crippen LogP contribution in [0, 0.1) is 0 Å². The first-order valence-electron chi connectivity index (χ1n) is 5.02. The molecule has 0 radical (unpaired) electrons. The molecule has 0 aromatic heterocycles. The third-order valence-electron chi connectivity index (χ3n) is 2.33. The zero-order valence-corrected chi connectivity index (χ0v) is 8.14. The molecule has 0 saturated heterocycles. The van der Waals surface area contributed by atoms with Gasteiger partial charge >= 0.3 is 0 Å². The van der Waals surface area contributed by atoms with E-state index in [1.54, 1.807) is 6.08 Å². The summed E-state index contributed by atoms with van der Waals surface area (Å²) in [6.45, 7) is 2.10. The van der Waals surface area contributed by atoms with Crippen molar-refractivity contribution >= 4 is 11.6 Å². The Bertz CT molecular complexity index is 238. The lowest BCUT2D eigenvalue weighted by atomic mass is 10.0. The van der Waals surface area contributed by atoms with Crippen LogP contribution in [0.5, 0.6) is 0 Å². The second kappa shape index (κ2) is 4.95. The Kier molecular flexibility index (Phi) is 3.87. The number of carbonyl (C=O) groups is 2. The van der Waals surface area contributed by atoms with Gasteiger partial charge in [0.25, 0.3) is 0 Å². The van der Waals surface area contributed by atoms with E-state index in [1.807, 2.05) is 0 Å². The van der Waals surface area contributed by atoms with Gasteiger partial charge in [0, 0.05) is 12.8 Å². The molecule has 0 N–H and O–H groups in total. The number of carbonyl (C=O) groups excluding carboxylic acids is 2. The van der Waals surface area contributed by atoms with Crippen LogP contribution in [0.3, 0.4) is 0 Å². The lowest BCUT2D eigenvalue weighted by Gasteiger charge is -1.99. The largest absolute Gasteiger partial charge is 0.294 e. The van der Waals surface area contributed by atoms with Crippen LogP contribution in [0.4, 0.5) is 0 Å². The van der Waals surface area contributed by atoms with Crippen molar-refractivity contribution in [2.75, 3.05) is 0 Å². The molecule has 1 aliphatic carbocycles. The van der Waals surface area contributed by atoms with E-state index in [0.717, 1.165) is 25.7 Å². The monoisotopic (exact) mass is 180 g/mol. The van der Waals surface area contributed by atoms with Crippen molar-refractivity contribution in [2.45, 2.75) is 45.4 Å². The summed E-state index contributed by atoms with van der Waals surface area (Å²) in [5, 5.41) is 0. The number of rotatable bonds is 5. The first-order valence-corrected chi connectivity index (χ1v) is 5.02. The minimum Gasteiger partial charge on any atom is -0.294 e. The molecule has 0 spiro atoms. The normalized spacial score (nSPS) is 16.1. The van der Waals surface area contributed by atoms with Crippen molar-refractivity contribution in [3.63, 3.8) is 0 Å². The summed E-state index contributed by atoms with van der Waals surface area (Å²) in [6.07, 6.45) is 6.73. The topological polar surface area (TPSA) is 34.1 Å². The third kappa shape index (κ3) is 2.79. The fourth-order valence-electron chi connectivity index (χ4n) is 1.54. The van der Waals surface area contributed by atoms with Crippen molar-refractivity contribution in [3.05, 3.63) is 11.6 Å². The molecule has 72 valence electrons. The number of hydrogen-bond acceptors (Lipinski definition) is 2. The maximum atomic E-state index is 11.4. The molecule has 1 rings (SSSR count). The van der Waals surface area contributed by atoms with Crippen LogP contribution >= 0.6 is 0 Å². The summed E-state index contributed by atoms with van der Waals surface area (Å²) in [7, 11) is 0. The van der Waals surface area contributed by atoms with Gasteiger partial charge in [-0.1, -0.05) is 25.8 Å². The van der Waals surface area contributed by atoms with Gasteiger partial charge in [-0.3, -0.25) is 9.59 Å². The summed E-state index contributed by atoms with van der Waals surface area (Å²) in [5.74, 6) is 0.0949. The van der Waals surface area contributed by atoms with E-state index in [4.69, 9.17) is 0 Å². The minimum absolute atomic E-state index is 0.0431. The highest BCUT2D eigenvalue weighted by atomic mass is 16.1. The Morgan fingerprint density at radius 2 is 2.23 bits per heavy atom. The van der Waals surface area contributed by atoms with Gasteiger partial charge in [-0.15, -0.1) is 0 Å². The maximum Gasteiger partial charge on any atom is 0.166 e. The highest BCUT2D eigenvalue weighted by Gasteiger charge is 2.20. The molecule has 2 heteroatoms. The average Bonchev–Trinajstić information content (AvgIpc) is 2.52. The van der Waals surface area contributed by atoms with Crippen molar-refractivity contribution in [1.82, 2.24) is 0 Å². The molecule has 0 saturated carbocycles. The summed E-state index contributed by atoms with van der Waals surface area (Å²) in [5.41, 5.74) is 0.469. The van der Waals surface area contributed by atoms with E-state index in [0.29, 0.717) is 18.4 Å². The molecule has 0 fully saturated rings. The van der Waals surface area contributed by atoms with Gasteiger partial charge in [0.05, 0.1) is 5.57 Å². The minimum atomic E-state index is 0.0431. The highest BCUT2D eigenvalue weighted by Crippen LogP contribution is 2.17. The van der Waals surface area contributed by atoms with Gasteiger partial charge in [0.2, 0.25) is 0 Å². The van der Waals surface area contributed by atoms with Crippen molar-refractivity contribution in [1.29, 1.82) is 0 Å². The molecule has 0 amide bonds. The smallest absolute Gasteiger partial charge is 0.166 e. The van der Waals surface area contributed by atoms with Crippen molar-refractivity contribution in [3.8, 4) is 0 Å². The van der Waals surface area contributed by atoms with Gasteiger partial charge in [-0.25, -0.2) is 0 Å². The number of allylic oxidation sites excluding steroid dienone is 2. The highest BCUT2D eigenvalue weighted by molar-refractivity contribution is 6.21. The number of hydrogen-bond donors (Lipinski definition) is 0. The lowest BCUT2D eigenvalue weighted by molar-refractivity contribution is -0.120. The summed E-state index contributed by atoms with van der Waals surface area (Å²) in [6, 6.07) is 0. The van der Waals surface area contributed by atoms with Gasteiger partial charge < -0.3 is 0 Å². The SMILES string of the molecule is CCCCCC(=O)C1=CCCC1=O. The van der Waals surface area contributed by atoms with Crippen LogP contribution in [0.1, 0.15) is 45.4 Å². The molecule has 13 heavy (non-hydrogen) atoms. The molecular formula is C11H16O2. The van der Waals surface area contributed by atoms with Gasteiger partial charge in [-0.2, -0.15) is 0 Å². The molecule has 0 heterocycles. The zero-order chi connectivity index (χ0) is 9.68. The van der Waals surface area contributed by atoms with Crippen LogP contribution in [0.15, 0.2) is 11.6 Å². The number of ketones is 2.